The minimum Gasteiger partial charge on any atom is -0.380 e. The third kappa shape index (κ3) is 3.83. The fourth-order valence-corrected chi connectivity index (χ4v) is 4.97. The largest absolute Gasteiger partial charge is 0.380 e. The SMILES string of the molecule is OC(CCN1CCC2CCC(C2)C1)(c1ccccc1)c1ccc(Cl)cc1. The zero-order chi connectivity index (χ0) is 18.0. The van der Waals surface area contributed by atoms with E-state index in [2.05, 4.69) is 4.90 Å². The molecule has 1 aliphatic heterocycles. The van der Waals surface area contributed by atoms with E-state index < -0.39 is 5.60 Å². The molecule has 0 radical (unpaired) electrons. The van der Waals surface area contributed by atoms with Crippen molar-refractivity contribution >= 4 is 11.6 Å². The minimum atomic E-state index is -0.975. The van der Waals surface area contributed by atoms with Gasteiger partial charge in [0.05, 0.1) is 0 Å². The van der Waals surface area contributed by atoms with Crippen LogP contribution in [0.5, 0.6) is 0 Å². The van der Waals surface area contributed by atoms with Crippen molar-refractivity contribution in [2.24, 2.45) is 11.8 Å². The van der Waals surface area contributed by atoms with Gasteiger partial charge in [0.1, 0.15) is 5.60 Å². The van der Waals surface area contributed by atoms with Gasteiger partial charge in [-0.3, -0.25) is 0 Å². The first kappa shape index (κ1) is 18.0. The lowest BCUT2D eigenvalue weighted by molar-refractivity contribution is 0.0554. The lowest BCUT2D eigenvalue weighted by Gasteiger charge is -2.33. The summed E-state index contributed by atoms with van der Waals surface area (Å²) in [7, 11) is 0. The quantitative estimate of drug-likeness (QED) is 0.793. The summed E-state index contributed by atoms with van der Waals surface area (Å²) < 4.78 is 0. The van der Waals surface area contributed by atoms with Gasteiger partial charge in [-0.25, -0.2) is 0 Å². The lowest BCUT2D eigenvalue weighted by Crippen LogP contribution is -2.36. The van der Waals surface area contributed by atoms with E-state index >= 15 is 0 Å². The van der Waals surface area contributed by atoms with E-state index in [1.807, 2.05) is 54.6 Å². The second-order valence-corrected chi connectivity index (χ2v) is 8.55. The molecule has 2 nitrogen and oxygen atoms in total. The van der Waals surface area contributed by atoms with Gasteiger partial charge in [-0.05, 0) is 67.3 Å². The molecule has 0 spiro atoms. The van der Waals surface area contributed by atoms with Crippen molar-refractivity contribution in [3.05, 3.63) is 70.7 Å². The Balaban J connectivity index is 1.54. The second kappa shape index (κ2) is 7.72. The Morgan fingerprint density at radius 2 is 1.62 bits per heavy atom. The fraction of sp³-hybridized carbons (Fsp3) is 0.478. The van der Waals surface area contributed by atoms with Crippen LogP contribution in [0.15, 0.2) is 54.6 Å². The van der Waals surface area contributed by atoms with Gasteiger partial charge >= 0.3 is 0 Å². The standard InChI is InChI=1S/C23H28ClNO/c24-22-10-8-21(9-11-22)23(26,20-4-2-1-3-5-20)13-15-25-14-12-18-6-7-19(16-18)17-25/h1-5,8-11,18-19,26H,6-7,12-17H2. The third-order valence-corrected chi connectivity index (χ3v) is 6.63. The predicted molar refractivity (Wildman–Crippen MR) is 107 cm³/mol. The van der Waals surface area contributed by atoms with Gasteiger partial charge in [0.15, 0.2) is 0 Å². The highest BCUT2D eigenvalue weighted by molar-refractivity contribution is 6.30. The predicted octanol–water partition coefficient (Wildman–Crippen LogP) is 5.09. The Labute approximate surface area is 161 Å². The summed E-state index contributed by atoms with van der Waals surface area (Å²) in [6, 6.07) is 17.7. The van der Waals surface area contributed by atoms with Crippen molar-refractivity contribution < 1.29 is 5.11 Å². The maximum Gasteiger partial charge on any atom is 0.116 e. The van der Waals surface area contributed by atoms with E-state index in [9.17, 15) is 5.11 Å². The van der Waals surface area contributed by atoms with Crippen LogP contribution in [0.3, 0.4) is 0 Å². The Hall–Kier alpha value is -1.35. The van der Waals surface area contributed by atoms with Gasteiger partial charge in [-0.2, -0.15) is 0 Å². The molecule has 1 heterocycles. The van der Waals surface area contributed by atoms with Crippen LogP contribution in [-0.2, 0) is 5.60 Å². The fourth-order valence-electron chi connectivity index (χ4n) is 4.85. The number of hydrogen-bond donors (Lipinski definition) is 1. The minimum absolute atomic E-state index is 0.702. The number of rotatable bonds is 5. The zero-order valence-electron chi connectivity index (χ0n) is 15.3. The molecule has 2 aromatic carbocycles. The van der Waals surface area contributed by atoms with E-state index in [1.165, 1.54) is 38.8 Å². The highest BCUT2D eigenvalue weighted by Gasteiger charge is 2.34. The number of benzene rings is 2. The van der Waals surface area contributed by atoms with Crippen LogP contribution in [0.1, 0.15) is 43.2 Å². The third-order valence-electron chi connectivity index (χ3n) is 6.38. The van der Waals surface area contributed by atoms with Crippen LogP contribution in [-0.4, -0.2) is 29.6 Å². The second-order valence-electron chi connectivity index (χ2n) is 8.12. The van der Waals surface area contributed by atoms with Gasteiger partial charge < -0.3 is 10.0 Å². The molecule has 0 aromatic heterocycles. The van der Waals surface area contributed by atoms with Crippen LogP contribution in [0.2, 0.25) is 5.02 Å². The summed E-state index contributed by atoms with van der Waals surface area (Å²) in [5.74, 6) is 1.80. The summed E-state index contributed by atoms with van der Waals surface area (Å²) in [6.07, 6.45) is 6.26. The van der Waals surface area contributed by atoms with Gasteiger partial charge in [-0.15, -0.1) is 0 Å². The van der Waals surface area contributed by atoms with Gasteiger partial charge in [0.2, 0.25) is 0 Å². The first-order valence-electron chi connectivity index (χ1n) is 9.90. The van der Waals surface area contributed by atoms with Gasteiger partial charge in [-0.1, -0.05) is 60.5 Å². The van der Waals surface area contributed by atoms with Crippen LogP contribution in [0.25, 0.3) is 0 Å². The summed E-state index contributed by atoms with van der Waals surface area (Å²) in [5, 5.41) is 12.4. The number of aliphatic hydroxyl groups is 1. The molecule has 138 valence electrons. The molecule has 3 atom stereocenters. The number of fused-ring (bicyclic) bond motifs is 2. The topological polar surface area (TPSA) is 23.5 Å². The molecule has 3 heteroatoms. The van der Waals surface area contributed by atoms with E-state index in [-0.39, 0.29) is 0 Å². The van der Waals surface area contributed by atoms with E-state index in [1.54, 1.807) is 0 Å². The summed E-state index contributed by atoms with van der Waals surface area (Å²) in [4.78, 5) is 2.58. The molecule has 1 saturated carbocycles. The Bertz CT molecular complexity index is 717. The van der Waals surface area contributed by atoms with E-state index in [0.717, 1.165) is 29.5 Å². The highest BCUT2D eigenvalue weighted by Crippen LogP contribution is 2.38. The molecule has 2 bridgehead atoms. The average molecular weight is 370 g/mol. The number of likely N-dealkylation sites (tertiary alicyclic amines) is 1. The molecule has 1 N–H and O–H groups in total. The van der Waals surface area contributed by atoms with Crippen LogP contribution < -0.4 is 0 Å². The number of halogens is 1. The maximum absolute atomic E-state index is 11.7. The molecular formula is C23H28ClNO. The number of nitrogens with zero attached hydrogens (tertiary/aromatic N) is 1. The molecular weight excluding hydrogens is 342 g/mol. The molecule has 26 heavy (non-hydrogen) atoms. The molecule has 2 aliphatic rings. The van der Waals surface area contributed by atoms with Crippen molar-refractivity contribution in [2.45, 2.75) is 37.7 Å². The van der Waals surface area contributed by atoms with Crippen LogP contribution in [0.4, 0.5) is 0 Å². The van der Waals surface area contributed by atoms with Crippen molar-refractivity contribution in [3.63, 3.8) is 0 Å². The molecule has 1 saturated heterocycles. The summed E-state index contributed by atoms with van der Waals surface area (Å²) >= 11 is 6.07. The highest BCUT2D eigenvalue weighted by atomic mass is 35.5. The maximum atomic E-state index is 11.7. The molecule has 2 fully saturated rings. The smallest absolute Gasteiger partial charge is 0.116 e. The molecule has 3 unspecified atom stereocenters. The Morgan fingerprint density at radius 3 is 2.38 bits per heavy atom. The van der Waals surface area contributed by atoms with Crippen molar-refractivity contribution in [3.8, 4) is 0 Å². The van der Waals surface area contributed by atoms with E-state index in [4.69, 9.17) is 11.6 Å². The molecule has 0 amide bonds. The van der Waals surface area contributed by atoms with Crippen molar-refractivity contribution in [1.29, 1.82) is 0 Å². The lowest BCUT2D eigenvalue weighted by atomic mass is 9.83. The van der Waals surface area contributed by atoms with Crippen LogP contribution >= 0.6 is 11.6 Å². The molecule has 2 aromatic rings. The van der Waals surface area contributed by atoms with Crippen molar-refractivity contribution in [2.75, 3.05) is 19.6 Å². The van der Waals surface area contributed by atoms with E-state index in [0.29, 0.717) is 11.4 Å². The molecule has 1 aliphatic carbocycles. The van der Waals surface area contributed by atoms with Crippen LogP contribution in [0, 0.1) is 11.8 Å². The van der Waals surface area contributed by atoms with Crippen molar-refractivity contribution in [1.82, 2.24) is 4.90 Å². The monoisotopic (exact) mass is 369 g/mol. The average Bonchev–Trinajstić information content (AvgIpc) is 3.01. The zero-order valence-corrected chi connectivity index (χ0v) is 16.0. The van der Waals surface area contributed by atoms with Gasteiger partial charge in [0.25, 0.3) is 0 Å². The summed E-state index contributed by atoms with van der Waals surface area (Å²) in [6.45, 7) is 3.30. The normalized spacial score (nSPS) is 25.6. The van der Waals surface area contributed by atoms with Gasteiger partial charge in [0, 0.05) is 18.1 Å². The Morgan fingerprint density at radius 1 is 0.923 bits per heavy atom. The summed E-state index contributed by atoms with van der Waals surface area (Å²) in [5.41, 5.74) is 0.903. The first-order chi connectivity index (χ1) is 12.6. The molecule has 4 rings (SSSR count). The Kier molecular flexibility index (Phi) is 5.35. The first-order valence-corrected chi connectivity index (χ1v) is 10.3. The number of hydrogen-bond acceptors (Lipinski definition) is 2.